The second-order valence-electron chi connectivity index (χ2n) is 7.04. The molecule has 1 aliphatic carbocycles. The Morgan fingerprint density at radius 3 is 2.79 bits per heavy atom. The summed E-state index contributed by atoms with van der Waals surface area (Å²) in [6.07, 6.45) is 6.90. The van der Waals surface area contributed by atoms with E-state index in [2.05, 4.69) is 30.7 Å². The molecule has 2 heterocycles. The van der Waals surface area contributed by atoms with Crippen molar-refractivity contribution < 1.29 is 9.53 Å². The van der Waals surface area contributed by atoms with Gasteiger partial charge in [0.15, 0.2) is 0 Å². The van der Waals surface area contributed by atoms with Gasteiger partial charge in [-0.15, -0.1) is 11.3 Å². The van der Waals surface area contributed by atoms with Crippen LogP contribution in [-0.4, -0.2) is 37.7 Å². The number of aliphatic imine (C=N–C) groups is 1. The molecule has 0 unspecified atom stereocenters. The minimum Gasteiger partial charge on any atom is -0.452 e. The molecule has 1 aliphatic heterocycles. The SMILES string of the molecule is COC(=O)N1C=CC(N(C)c2sc3c(c2C)C(C)(C)CCC3)=NC1. The van der Waals surface area contributed by atoms with E-state index in [1.807, 2.05) is 24.5 Å². The van der Waals surface area contributed by atoms with Crippen LogP contribution in [0.2, 0.25) is 0 Å². The van der Waals surface area contributed by atoms with Gasteiger partial charge in [0.05, 0.1) is 12.1 Å². The maximum atomic E-state index is 11.5. The number of fused-ring (bicyclic) bond motifs is 1. The molecule has 6 heteroatoms. The summed E-state index contributed by atoms with van der Waals surface area (Å²) >= 11 is 1.88. The van der Waals surface area contributed by atoms with Crippen LogP contribution in [0.4, 0.5) is 9.80 Å². The standard InChI is InChI=1S/C18H25N3O2S/c1-12-15-13(7-6-9-18(15,2)3)24-16(12)20(4)14-8-10-21(11-19-14)17(22)23-5/h8,10H,6-7,9,11H2,1-5H3. The molecular weight excluding hydrogens is 322 g/mol. The molecular formula is C18H25N3O2S. The number of carbonyl (C=O) groups is 1. The zero-order chi connectivity index (χ0) is 17.5. The third kappa shape index (κ3) is 2.83. The molecule has 0 aromatic carbocycles. The molecule has 0 radical (unpaired) electrons. The number of hydrogen-bond donors (Lipinski definition) is 0. The normalized spacial score (nSPS) is 18.9. The van der Waals surface area contributed by atoms with E-state index in [1.54, 1.807) is 6.20 Å². The van der Waals surface area contributed by atoms with Crippen molar-refractivity contribution >= 4 is 28.3 Å². The van der Waals surface area contributed by atoms with Gasteiger partial charge in [-0.2, -0.15) is 0 Å². The average molecular weight is 347 g/mol. The predicted octanol–water partition coefficient (Wildman–Crippen LogP) is 4.06. The van der Waals surface area contributed by atoms with Gasteiger partial charge in [0.2, 0.25) is 0 Å². The first-order chi connectivity index (χ1) is 11.3. The molecule has 3 rings (SSSR count). The molecule has 0 spiro atoms. The van der Waals surface area contributed by atoms with E-state index in [1.165, 1.54) is 52.3 Å². The third-order valence-corrected chi connectivity index (χ3v) is 6.35. The first-order valence-electron chi connectivity index (χ1n) is 8.29. The summed E-state index contributed by atoms with van der Waals surface area (Å²) < 4.78 is 4.72. The topological polar surface area (TPSA) is 45.1 Å². The lowest BCUT2D eigenvalue weighted by molar-refractivity contribution is 0.140. The van der Waals surface area contributed by atoms with Crippen LogP contribution >= 0.6 is 11.3 Å². The lowest BCUT2D eigenvalue weighted by atomic mass is 9.74. The molecule has 130 valence electrons. The molecule has 0 saturated heterocycles. The minimum atomic E-state index is -0.388. The summed E-state index contributed by atoms with van der Waals surface area (Å²) in [5.74, 6) is 0.870. The molecule has 1 amide bonds. The van der Waals surface area contributed by atoms with E-state index in [-0.39, 0.29) is 11.5 Å². The van der Waals surface area contributed by atoms with E-state index < -0.39 is 0 Å². The number of anilines is 1. The van der Waals surface area contributed by atoms with E-state index in [4.69, 9.17) is 4.74 Å². The van der Waals surface area contributed by atoms with Crippen LogP contribution in [0.3, 0.4) is 0 Å². The third-order valence-electron chi connectivity index (χ3n) is 4.92. The van der Waals surface area contributed by atoms with Crippen LogP contribution in [0.25, 0.3) is 0 Å². The molecule has 1 aromatic rings. The zero-order valence-electron chi connectivity index (χ0n) is 15.0. The fraction of sp³-hybridized carbons (Fsp3) is 0.556. The van der Waals surface area contributed by atoms with Gasteiger partial charge in [-0.25, -0.2) is 9.79 Å². The molecule has 2 aliphatic rings. The number of amides is 1. The van der Waals surface area contributed by atoms with Gasteiger partial charge in [0.1, 0.15) is 12.5 Å². The van der Waals surface area contributed by atoms with E-state index >= 15 is 0 Å². The predicted molar refractivity (Wildman–Crippen MR) is 99.1 cm³/mol. The van der Waals surface area contributed by atoms with Crippen LogP contribution in [0.15, 0.2) is 17.3 Å². The Bertz CT molecular complexity index is 718. The van der Waals surface area contributed by atoms with Crippen molar-refractivity contribution in [2.45, 2.75) is 45.4 Å². The molecule has 0 N–H and O–H groups in total. The molecule has 0 atom stereocenters. The van der Waals surface area contributed by atoms with E-state index in [9.17, 15) is 4.79 Å². The first kappa shape index (κ1) is 17.0. The number of aryl methyl sites for hydroxylation is 1. The van der Waals surface area contributed by atoms with Crippen LogP contribution in [-0.2, 0) is 16.6 Å². The van der Waals surface area contributed by atoms with E-state index in [0.29, 0.717) is 6.67 Å². The maximum absolute atomic E-state index is 11.5. The van der Waals surface area contributed by atoms with Crippen molar-refractivity contribution in [2.24, 2.45) is 4.99 Å². The fourth-order valence-electron chi connectivity index (χ4n) is 3.72. The van der Waals surface area contributed by atoms with Gasteiger partial charge < -0.3 is 9.64 Å². The summed E-state index contributed by atoms with van der Waals surface area (Å²) in [6, 6.07) is 0. The maximum Gasteiger partial charge on any atom is 0.415 e. The summed E-state index contributed by atoms with van der Waals surface area (Å²) in [7, 11) is 3.43. The van der Waals surface area contributed by atoms with Gasteiger partial charge in [-0.3, -0.25) is 4.90 Å². The summed E-state index contributed by atoms with van der Waals surface area (Å²) in [6.45, 7) is 7.21. The number of carbonyl (C=O) groups excluding carboxylic acids is 1. The monoisotopic (exact) mass is 347 g/mol. The fourth-order valence-corrected chi connectivity index (χ4v) is 5.22. The lowest BCUT2D eigenvalue weighted by Crippen LogP contribution is -2.33. The van der Waals surface area contributed by atoms with Crippen molar-refractivity contribution in [2.75, 3.05) is 25.7 Å². The van der Waals surface area contributed by atoms with Crippen molar-refractivity contribution in [1.82, 2.24) is 4.90 Å². The average Bonchev–Trinajstić information content (AvgIpc) is 2.91. The molecule has 0 bridgehead atoms. The van der Waals surface area contributed by atoms with Gasteiger partial charge >= 0.3 is 6.09 Å². The van der Waals surface area contributed by atoms with Crippen LogP contribution in [0.1, 0.15) is 42.7 Å². The van der Waals surface area contributed by atoms with Crippen molar-refractivity contribution in [1.29, 1.82) is 0 Å². The van der Waals surface area contributed by atoms with Gasteiger partial charge in [-0.05, 0) is 48.8 Å². The summed E-state index contributed by atoms with van der Waals surface area (Å²) in [5, 5.41) is 1.25. The smallest absolute Gasteiger partial charge is 0.415 e. The van der Waals surface area contributed by atoms with Crippen molar-refractivity contribution in [3.8, 4) is 0 Å². The first-order valence-corrected chi connectivity index (χ1v) is 9.10. The highest BCUT2D eigenvalue weighted by Crippen LogP contribution is 2.47. The van der Waals surface area contributed by atoms with Crippen molar-refractivity contribution in [3.63, 3.8) is 0 Å². The molecule has 1 aromatic heterocycles. The minimum absolute atomic E-state index is 0.249. The van der Waals surface area contributed by atoms with Gasteiger partial charge in [0, 0.05) is 18.1 Å². The second-order valence-corrected chi connectivity index (χ2v) is 8.12. The Labute approximate surface area is 147 Å². The number of nitrogens with zero attached hydrogens (tertiary/aromatic N) is 3. The number of methoxy groups -OCH3 is 1. The number of rotatable bonds is 1. The lowest BCUT2D eigenvalue weighted by Gasteiger charge is -2.31. The van der Waals surface area contributed by atoms with E-state index in [0.717, 1.165) is 5.84 Å². The number of thiophene rings is 1. The Morgan fingerprint density at radius 1 is 1.46 bits per heavy atom. The Kier molecular flexibility index (Phi) is 4.42. The van der Waals surface area contributed by atoms with Crippen LogP contribution in [0.5, 0.6) is 0 Å². The number of likely N-dealkylation sites (N-methyl/N-ethyl adjacent to an activating group) is 1. The zero-order valence-corrected chi connectivity index (χ0v) is 15.9. The molecule has 0 saturated carbocycles. The summed E-state index contributed by atoms with van der Waals surface area (Å²) in [5.41, 5.74) is 3.14. The summed E-state index contributed by atoms with van der Waals surface area (Å²) in [4.78, 5) is 21.2. The highest BCUT2D eigenvalue weighted by molar-refractivity contribution is 7.16. The Hall–Kier alpha value is -1.82. The van der Waals surface area contributed by atoms with Crippen LogP contribution in [0, 0.1) is 6.92 Å². The van der Waals surface area contributed by atoms with Gasteiger partial charge in [0.25, 0.3) is 0 Å². The second kappa shape index (κ2) is 6.24. The highest BCUT2D eigenvalue weighted by atomic mass is 32.1. The number of amidine groups is 1. The molecule has 5 nitrogen and oxygen atoms in total. The van der Waals surface area contributed by atoms with Crippen molar-refractivity contribution in [3.05, 3.63) is 28.3 Å². The molecule has 24 heavy (non-hydrogen) atoms. The number of hydrogen-bond acceptors (Lipinski definition) is 5. The number of ether oxygens (including phenoxy) is 1. The highest BCUT2D eigenvalue weighted by Gasteiger charge is 2.33. The van der Waals surface area contributed by atoms with Crippen LogP contribution < -0.4 is 4.90 Å². The quantitative estimate of drug-likeness (QED) is 0.769. The Morgan fingerprint density at radius 2 is 2.21 bits per heavy atom. The Balaban J connectivity index is 1.86. The largest absolute Gasteiger partial charge is 0.452 e. The van der Waals surface area contributed by atoms with Gasteiger partial charge in [-0.1, -0.05) is 13.8 Å². The molecule has 0 fully saturated rings.